The summed E-state index contributed by atoms with van der Waals surface area (Å²) in [4.78, 5) is 2.29. The maximum atomic E-state index is 13.6. The zero-order valence-electron chi connectivity index (χ0n) is 15.2. The summed E-state index contributed by atoms with van der Waals surface area (Å²) in [5, 5.41) is 3.30. The number of rotatable bonds is 6. The van der Waals surface area contributed by atoms with E-state index in [1.54, 1.807) is 18.2 Å². The first-order valence-electron chi connectivity index (χ1n) is 9.37. The lowest BCUT2D eigenvalue weighted by atomic mass is 9.80. The highest BCUT2D eigenvalue weighted by Gasteiger charge is 2.45. The predicted octanol–water partition coefficient (Wildman–Crippen LogP) is 4.87. The minimum absolute atomic E-state index is 0. The van der Waals surface area contributed by atoms with Crippen molar-refractivity contribution in [2.45, 2.75) is 50.7 Å². The molecule has 0 amide bonds. The van der Waals surface area contributed by atoms with Gasteiger partial charge in [0.1, 0.15) is 5.75 Å². The molecule has 1 saturated heterocycles. The maximum absolute atomic E-state index is 13.6. The van der Waals surface area contributed by atoms with Gasteiger partial charge in [-0.25, -0.2) is 0 Å². The number of hydrogen-bond acceptors (Lipinski definition) is 3. The molecule has 3 nitrogen and oxygen atoms in total. The number of ether oxygens (including phenoxy) is 1. The first-order chi connectivity index (χ1) is 12.5. The van der Waals surface area contributed by atoms with Gasteiger partial charge in [-0.3, -0.25) is 4.90 Å². The van der Waals surface area contributed by atoms with Crippen LogP contribution in [0.2, 0.25) is 0 Å². The van der Waals surface area contributed by atoms with Crippen LogP contribution >= 0.6 is 12.4 Å². The molecule has 0 bridgehead atoms. The van der Waals surface area contributed by atoms with Crippen LogP contribution in [-0.4, -0.2) is 43.6 Å². The average Bonchev–Trinajstić information content (AvgIpc) is 2.65. The molecule has 1 aromatic carbocycles. The fraction of sp³-hybridized carbons (Fsp3) is 0.684. The zero-order valence-corrected chi connectivity index (χ0v) is 16.0. The first kappa shape index (κ1) is 22.2. The lowest BCUT2D eigenvalue weighted by Gasteiger charge is -2.41. The Labute approximate surface area is 163 Å². The molecule has 154 valence electrons. The van der Waals surface area contributed by atoms with Gasteiger partial charge in [-0.05, 0) is 24.8 Å². The van der Waals surface area contributed by atoms with Gasteiger partial charge < -0.3 is 10.1 Å². The zero-order chi connectivity index (χ0) is 18.6. The lowest BCUT2D eigenvalue weighted by Crippen LogP contribution is -2.47. The summed E-state index contributed by atoms with van der Waals surface area (Å²) >= 11 is 0. The molecule has 27 heavy (non-hydrogen) atoms. The molecule has 1 N–H and O–H groups in total. The Morgan fingerprint density at radius 3 is 2.30 bits per heavy atom. The highest BCUT2D eigenvalue weighted by molar-refractivity contribution is 5.85. The van der Waals surface area contributed by atoms with Crippen LogP contribution in [0.15, 0.2) is 24.3 Å². The Bertz CT molecular complexity index is 561. The largest absolute Gasteiger partial charge is 0.461 e. The minimum Gasteiger partial charge on any atom is -0.428 e. The number of piperazine rings is 1. The van der Waals surface area contributed by atoms with Crippen molar-refractivity contribution in [3.8, 4) is 5.75 Å². The number of benzene rings is 1. The van der Waals surface area contributed by atoms with Crippen molar-refractivity contribution >= 4 is 12.4 Å². The minimum atomic E-state index is -4.49. The quantitative estimate of drug-likeness (QED) is 0.677. The Kier molecular flexibility index (Phi) is 8.19. The highest BCUT2D eigenvalue weighted by Crippen LogP contribution is 2.43. The van der Waals surface area contributed by atoms with Crippen LogP contribution in [0.5, 0.6) is 5.75 Å². The molecule has 2 aliphatic rings. The summed E-state index contributed by atoms with van der Waals surface area (Å²) in [6, 6.07) is 6.36. The molecular weight excluding hydrogens is 384 g/mol. The Morgan fingerprint density at radius 1 is 1.04 bits per heavy atom. The Balaban J connectivity index is 0.00000261. The smallest absolute Gasteiger partial charge is 0.428 e. The molecule has 1 saturated carbocycles. The van der Waals surface area contributed by atoms with Crippen molar-refractivity contribution in [3.05, 3.63) is 29.8 Å². The summed E-state index contributed by atoms with van der Waals surface area (Å²) in [6.07, 6.45) is -2.89. The molecule has 1 aromatic rings. The van der Waals surface area contributed by atoms with E-state index in [1.165, 1.54) is 12.5 Å². The van der Waals surface area contributed by atoms with Gasteiger partial charge in [0.15, 0.2) is 0 Å². The SMILES string of the molecule is Cl.FC(F)C(F)(F)Oc1ccccc1[C@H](C1CCCCC1)N1CCNCC1. The first-order valence-corrected chi connectivity index (χ1v) is 9.37. The summed E-state index contributed by atoms with van der Waals surface area (Å²) in [6.45, 7) is 3.28. The highest BCUT2D eigenvalue weighted by atomic mass is 35.5. The van der Waals surface area contributed by atoms with Gasteiger partial charge >= 0.3 is 12.5 Å². The van der Waals surface area contributed by atoms with Crippen LogP contribution in [-0.2, 0) is 0 Å². The lowest BCUT2D eigenvalue weighted by molar-refractivity contribution is -0.253. The van der Waals surface area contributed by atoms with E-state index in [9.17, 15) is 17.6 Å². The van der Waals surface area contributed by atoms with Crippen molar-refractivity contribution in [2.24, 2.45) is 5.92 Å². The van der Waals surface area contributed by atoms with Gasteiger partial charge in [-0.15, -0.1) is 12.4 Å². The van der Waals surface area contributed by atoms with Crippen molar-refractivity contribution in [1.29, 1.82) is 0 Å². The van der Waals surface area contributed by atoms with Gasteiger partial charge in [0.2, 0.25) is 0 Å². The van der Waals surface area contributed by atoms with E-state index in [0.29, 0.717) is 11.5 Å². The molecule has 0 unspecified atom stereocenters. The molecule has 1 heterocycles. The number of para-hydroxylation sites is 1. The van der Waals surface area contributed by atoms with Crippen LogP contribution in [0.4, 0.5) is 17.6 Å². The van der Waals surface area contributed by atoms with E-state index >= 15 is 0 Å². The summed E-state index contributed by atoms with van der Waals surface area (Å²) in [5.41, 5.74) is 0.599. The molecule has 1 atom stereocenters. The molecule has 3 rings (SSSR count). The fourth-order valence-corrected chi connectivity index (χ4v) is 4.17. The number of nitrogens with zero attached hydrogens (tertiary/aromatic N) is 1. The van der Waals surface area contributed by atoms with E-state index in [-0.39, 0.29) is 24.2 Å². The maximum Gasteiger partial charge on any atom is 0.461 e. The third kappa shape index (κ3) is 5.48. The monoisotopic (exact) mass is 410 g/mol. The van der Waals surface area contributed by atoms with Crippen molar-refractivity contribution in [1.82, 2.24) is 10.2 Å². The number of nitrogens with one attached hydrogen (secondary N) is 1. The Hall–Kier alpha value is -1.05. The van der Waals surface area contributed by atoms with E-state index in [1.807, 2.05) is 0 Å². The number of alkyl halides is 4. The molecule has 0 radical (unpaired) electrons. The summed E-state index contributed by atoms with van der Waals surface area (Å²) in [7, 11) is 0. The molecule has 0 aromatic heterocycles. The Morgan fingerprint density at radius 2 is 1.67 bits per heavy atom. The molecule has 2 fully saturated rings. The summed E-state index contributed by atoms with van der Waals surface area (Å²) in [5.74, 6) is 0.193. The predicted molar refractivity (Wildman–Crippen MR) is 99.0 cm³/mol. The van der Waals surface area contributed by atoms with Crippen LogP contribution in [0.3, 0.4) is 0 Å². The third-order valence-corrected chi connectivity index (χ3v) is 5.38. The van der Waals surface area contributed by atoms with E-state index < -0.39 is 12.5 Å². The molecular formula is C19H27ClF4N2O. The van der Waals surface area contributed by atoms with Gasteiger partial charge in [-0.1, -0.05) is 37.5 Å². The van der Waals surface area contributed by atoms with Crippen molar-refractivity contribution < 1.29 is 22.3 Å². The van der Waals surface area contributed by atoms with E-state index in [0.717, 1.165) is 51.9 Å². The van der Waals surface area contributed by atoms with Crippen LogP contribution in [0, 0.1) is 5.92 Å². The molecule has 8 heteroatoms. The average molecular weight is 411 g/mol. The second-order valence-electron chi connectivity index (χ2n) is 7.13. The number of hydrogen-bond donors (Lipinski definition) is 1. The number of halogens is 5. The van der Waals surface area contributed by atoms with Crippen LogP contribution in [0.1, 0.15) is 43.7 Å². The summed E-state index contributed by atoms with van der Waals surface area (Å²) < 4.78 is 57.0. The van der Waals surface area contributed by atoms with Crippen LogP contribution in [0.25, 0.3) is 0 Å². The fourth-order valence-electron chi connectivity index (χ4n) is 4.17. The molecule has 1 aliphatic carbocycles. The standard InChI is InChI=1S/C19H26F4N2O.ClH/c20-18(21)19(22,23)26-16-9-5-4-8-15(16)17(14-6-2-1-3-7-14)25-12-10-24-11-13-25;/h4-5,8-9,14,17-18,24H,1-3,6-7,10-13H2;1H/t17-;/m0./s1. The molecule has 1 aliphatic heterocycles. The second-order valence-corrected chi connectivity index (χ2v) is 7.13. The molecule has 0 spiro atoms. The van der Waals surface area contributed by atoms with E-state index in [2.05, 4.69) is 15.0 Å². The normalized spacial score (nSPS) is 20.9. The van der Waals surface area contributed by atoms with Gasteiger partial charge in [-0.2, -0.15) is 17.6 Å². The second kappa shape index (κ2) is 9.94. The topological polar surface area (TPSA) is 24.5 Å². The third-order valence-electron chi connectivity index (χ3n) is 5.38. The van der Waals surface area contributed by atoms with Gasteiger partial charge in [0, 0.05) is 37.8 Å². The van der Waals surface area contributed by atoms with Crippen LogP contribution < -0.4 is 10.1 Å². The van der Waals surface area contributed by atoms with Crippen molar-refractivity contribution in [2.75, 3.05) is 26.2 Å². The van der Waals surface area contributed by atoms with Gasteiger partial charge in [0.05, 0.1) is 0 Å². The van der Waals surface area contributed by atoms with Crippen molar-refractivity contribution in [3.63, 3.8) is 0 Å². The van der Waals surface area contributed by atoms with E-state index in [4.69, 9.17) is 0 Å². The van der Waals surface area contributed by atoms with Gasteiger partial charge in [0.25, 0.3) is 0 Å².